The molecule has 0 aromatic heterocycles. The number of rotatable bonds is 5. The van der Waals surface area contributed by atoms with Gasteiger partial charge in [0, 0.05) is 44.2 Å². The second-order valence-electron chi connectivity index (χ2n) is 4.89. The maximum absolute atomic E-state index is 12.2. The zero-order chi connectivity index (χ0) is 14.4. The van der Waals surface area contributed by atoms with Crippen molar-refractivity contribution < 1.29 is 14.3 Å². The van der Waals surface area contributed by atoms with Crippen LogP contribution in [0.1, 0.15) is 23.7 Å². The van der Waals surface area contributed by atoms with Gasteiger partial charge in [-0.05, 0) is 12.1 Å². The second kappa shape index (κ2) is 7.17. The maximum atomic E-state index is 12.2. The minimum Gasteiger partial charge on any atom is -0.379 e. The molecule has 0 spiro atoms. The fourth-order valence-electron chi connectivity index (χ4n) is 2.20. The Morgan fingerprint density at radius 3 is 2.75 bits per heavy atom. The molecule has 0 atom stereocenters. The van der Waals surface area contributed by atoms with Crippen LogP contribution in [0.15, 0.2) is 24.3 Å². The third kappa shape index (κ3) is 4.43. The first-order chi connectivity index (χ1) is 9.65. The number of nitrogens with one attached hydrogen (secondary N) is 1. The van der Waals surface area contributed by atoms with Crippen molar-refractivity contribution in [1.29, 1.82) is 0 Å². The van der Waals surface area contributed by atoms with Gasteiger partial charge in [-0.25, -0.2) is 0 Å². The van der Waals surface area contributed by atoms with Gasteiger partial charge in [0.1, 0.15) is 0 Å². The number of Topliss-reactive ketones (excluding diaryl/α,β-unsaturated/α-hetero) is 1. The third-order valence-corrected chi connectivity index (χ3v) is 3.26. The van der Waals surface area contributed by atoms with E-state index in [2.05, 4.69) is 10.2 Å². The molecule has 5 heteroatoms. The van der Waals surface area contributed by atoms with Gasteiger partial charge >= 0.3 is 0 Å². The smallest absolute Gasteiger partial charge is 0.221 e. The predicted octanol–water partition coefficient (Wildman–Crippen LogP) is 1.55. The van der Waals surface area contributed by atoms with E-state index in [9.17, 15) is 9.59 Å². The van der Waals surface area contributed by atoms with Crippen molar-refractivity contribution in [3.05, 3.63) is 29.8 Å². The molecular formula is C15H20N2O3. The Kier molecular flexibility index (Phi) is 5.26. The Morgan fingerprint density at radius 2 is 2.05 bits per heavy atom. The summed E-state index contributed by atoms with van der Waals surface area (Å²) in [6.07, 6.45) is 0.490. The minimum absolute atomic E-state index is 0.101. The second-order valence-corrected chi connectivity index (χ2v) is 4.89. The lowest BCUT2D eigenvalue weighted by Gasteiger charge is -2.26. The summed E-state index contributed by atoms with van der Waals surface area (Å²) in [4.78, 5) is 25.4. The van der Waals surface area contributed by atoms with Crippen molar-refractivity contribution in [1.82, 2.24) is 4.90 Å². The molecule has 1 N–H and O–H groups in total. The van der Waals surface area contributed by atoms with Crippen LogP contribution in [0.5, 0.6) is 0 Å². The van der Waals surface area contributed by atoms with Crippen LogP contribution in [0, 0.1) is 0 Å². The lowest BCUT2D eigenvalue weighted by Crippen LogP contribution is -2.37. The monoisotopic (exact) mass is 276 g/mol. The zero-order valence-electron chi connectivity index (χ0n) is 11.7. The maximum Gasteiger partial charge on any atom is 0.221 e. The Labute approximate surface area is 118 Å². The molecule has 20 heavy (non-hydrogen) atoms. The molecule has 1 aliphatic heterocycles. The van der Waals surface area contributed by atoms with Gasteiger partial charge in [0.25, 0.3) is 0 Å². The summed E-state index contributed by atoms with van der Waals surface area (Å²) in [5.74, 6) is -0.0355. The number of amides is 1. The molecule has 1 aromatic rings. The Balaban J connectivity index is 1.89. The Morgan fingerprint density at radius 1 is 1.30 bits per heavy atom. The largest absolute Gasteiger partial charge is 0.379 e. The van der Waals surface area contributed by atoms with E-state index >= 15 is 0 Å². The first-order valence-corrected chi connectivity index (χ1v) is 6.86. The van der Waals surface area contributed by atoms with Crippen LogP contribution >= 0.6 is 0 Å². The third-order valence-electron chi connectivity index (χ3n) is 3.26. The molecule has 0 unspecified atom stereocenters. The molecule has 1 heterocycles. The molecule has 1 aromatic carbocycles. The van der Waals surface area contributed by atoms with Gasteiger partial charge in [-0.1, -0.05) is 12.1 Å². The summed E-state index contributed by atoms with van der Waals surface area (Å²) in [5, 5.41) is 2.69. The molecule has 0 saturated carbocycles. The van der Waals surface area contributed by atoms with Crippen LogP contribution in [0.2, 0.25) is 0 Å². The highest BCUT2D eigenvalue weighted by molar-refractivity contribution is 5.98. The van der Waals surface area contributed by atoms with Crippen LogP contribution in [-0.4, -0.2) is 49.4 Å². The SMILES string of the molecule is CC(=O)Nc1cccc(C(=O)CCN2CCOCC2)c1. The molecule has 5 nitrogen and oxygen atoms in total. The van der Waals surface area contributed by atoms with Gasteiger partial charge in [0.15, 0.2) is 5.78 Å². The van der Waals surface area contributed by atoms with E-state index < -0.39 is 0 Å². The van der Waals surface area contributed by atoms with E-state index in [4.69, 9.17) is 4.74 Å². The molecule has 1 amide bonds. The topological polar surface area (TPSA) is 58.6 Å². The molecule has 1 fully saturated rings. The average molecular weight is 276 g/mol. The van der Waals surface area contributed by atoms with Gasteiger partial charge in [-0.3, -0.25) is 14.5 Å². The average Bonchev–Trinajstić information content (AvgIpc) is 2.45. The fraction of sp³-hybridized carbons (Fsp3) is 0.467. The highest BCUT2D eigenvalue weighted by Crippen LogP contribution is 2.13. The van der Waals surface area contributed by atoms with Crippen LogP contribution in [0.25, 0.3) is 0 Å². The Bertz CT molecular complexity index is 482. The van der Waals surface area contributed by atoms with Crippen molar-refractivity contribution in [2.24, 2.45) is 0 Å². The van der Waals surface area contributed by atoms with Crippen molar-refractivity contribution in [2.75, 3.05) is 38.2 Å². The summed E-state index contributed by atoms with van der Waals surface area (Å²) in [6.45, 7) is 5.47. The number of benzene rings is 1. The van der Waals surface area contributed by atoms with E-state index in [1.807, 2.05) is 0 Å². The summed E-state index contributed by atoms with van der Waals surface area (Å²) in [7, 11) is 0. The molecule has 0 aliphatic carbocycles. The molecule has 1 aliphatic rings. The molecule has 1 saturated heterocycles. The minimum atomic E-state index is -0.136. The normalized spacial score (nSPS) is 15.8. The number of ketones is 1. The van der Waals surface area contributed by atoms with Crippen LogP contribution in [-0.2, 0) is 9.53 Å². The van der Waals surface area contributed by atoms with Gasteiger partial charge < -0.3 is 10.1 Å². The number of morpholine rings is 1. The number of hydrogen-bond acceptors (Lipinski definition) is 4. The van der Waals surface area contributed by atoms with Gasteiger partial charge in [0.05, 0.1) is 13.2 Å². The van der Waals surface area contributed by atoms with E-state index in [1.54, 1.807) is 24.3 Å². The van der Waals surface area contributed by atoms with Crippen molar-refractivity contribution in [3.63, 3.8) is 0 Å². The fourth-order valence-corrected chi connectivity index (χ4v) is 2.20. The van der Waals surface area contributed by atoms with Gasteiger partial charge in [-0.2, -0.15) is 0 Å². The van der Waals surface area contributed by atoms with Crippen molar-refractivity contribution in [2.45, 2.75) is 13.3 Å². The molecule has 2 rings (SSSR count). The van der Waals surface area contributed by atoms with E-state index in [0.717, 1.165) is 32.8 Å². The van der Waals surface area contributed by atoms with Gasteiger partial charge in [0.2, 0.25) is 5.91 Å². The van der Waals surface area contributed by atoms with E-state index in [1.165, 1.54) is 6.92 Å². The number of carbonyl (C=O) groups is 2. The Hall–Kier alpha value is -1.72. The summed E-state index contributed by atoms with van der Waals surface area (Å²) in [5.41, 5.74) is 1.30. The highest BCUT2D eigenvalue weighted by Gasteiger charge is 2.13. The van der Waals surface area contributed by atoms with Crippen LogP contribution in [0.4, 0.5) is 5.69 Å². The first-order valence-electron chi connectivity index (χ1n) is 6.86. The number of ether oxygens (including phenoxy) is 1. The van der Waals surface area contributed by atoms with Crippen LogP contribution in [0.3, 0.4) is 0 Å². The first kappa shape index (κ1) is 14.7. The quantitative estimate of drug-likeness (QED) is 0.829. The molecular weight excluding hydrogens is 256 g/mol. The van der Waals surface area contributed by atoms with E-state index in [0.29, 0.717) is 17.7 Å². The van der Waals surface area contributed by atoms with Crippen LogP contribution < -0.4 is 5.32 Å². The number of anilines is 1. The molecule has 108 valence electrons. The molecule has 0 bridgehead atoms. The zero-order valence-corrected chi connectivity index (χ0v) is 11.7. The number of hydrogen-bond donors (Lipinski definition) is 1. The lowest BCUT2D eigenvalue weighted by atomic mass is 10.1. The summed E-state index contributed by atoms with van der Waals surface area (Å²) < 4.78 is 5.28. The van der Waals surface area contributed by atoms with Gasteiger partial charge in [-0.15, -0.1) is 0 Å². The lowest BCUT2D eigenvalue weighted by molar-refractivity contribution is -0.114. The number of nitrogens with zero attached hydrogens (tertiary/aromatic N) is 1. The number of carbonyl (C=O) groups excluding carboxylic acids is 2. The van der Waals surface area contributed by atoms with Crippen molar-refractivity contribution >= 4 is 17.4 Å². The van der Waals surface area contributed by atoms with E-state index in [-0.39, 0.29) is 11.7 Å². The summed E-state index contributed by atoms with van der Waals surface area (Å²) >= 11 is 0. The highest BCUT2D eigenvalue weighted by atomic mass is 16.5. The molecule has 0 radical (unpaired) electrons. The predicted molar refractivity (Wildman–Crippen MR) is 77.0 cm³/mol. The summed E-state index contributed by atoms with van der Waals surface area (Å²) in [6, 6.07) is 7.07. The standard InChI is InChI=1S/C15H20N2O3/c1-12(18)16-14-4-2-3-13(11-14)15(19)5-6-17-7-9-20-10-8-17/h2-4,11H,5-10H2,1H3,(H,16,18). The van der Waals surface area contributed by atoms with Crippen molar-refractivity contribution in [3.8, 4) is 0 Å².